The summed E-state index contributed by atoms with van der Waals surface area (Å²) in [6.45, 7) is 2.08. The molecule has 0 saturated heterocycles. The molecule has 0 saturated carbocycles. The average molecular weight is 297 g/mol. The molecule has 0 aliphatic carbocycles. The molecule has 1 aliphatic heterocycles. The topological polar surface area (TPSA) is 6.48 Å². The largest absolute Gasteiger partial charge is 0.504 e. The van der Waals surface area contributed by atoms with Gasteiger partial charge in [0.1, 0.15) is 0 Å². The molecule has 0 amide bonds. The Balaban J connectivity index is 0.00000108. The van der Waals surface area contributed by atoms with E-state index in [0.29, 0.717) is 0 Å². The number of anilines is 3. The van der Waals surface area contributed by atoms with Gasteiger partial charge in [-0.3, -0.25) is 0 Å². The second-order valence-electron chi connectivity index (χ2n) is 3.83. The molecule has 0 aromatic heterocycles. The van der Waals surface area contributed by atoms with Crippen molar-refractivity contribution in [1.82, 2.24) is 0 Å². The Bertz CT molecular complexity index is 499. The van der Waals surface area contributed by atoms with Crippen LogP contribution in [0.5, 0.6) is 0 Å². The van der Waals surface area contributed by atoms with Gasteiger partial charge < -0.3 is 9.80 Å². The number of benzene rings is 2. The van der Waals surface area contributed by atoms with E-state index in [1.807, 2.05) is 18.2 Å². The predicted octanol–water partition coefficient (Wildman–Crippen LogP) is 3.19. The normalized spacial score (nSPS) is 13.2. The first-order chi connectivity index (χ1) is 7.86. The van der Waals surface area contributed by atoms with Gasteiger partial charge in [-0.2, -0.15) is 37.0 Å². The van der Waals surface area contributed by atoms with Crippen molar-refractivity contribution in [3.05, 3.63) is 61.3 Å². The first-order valence-corrected chi connectivity index (χ1v) is 5.29. The SMILES string of the molecule is CN1[CH-]N(c2[c-]cccc2)c2ccccc21.[Y]. The maximum atomic E-state index is 3.24. The zero-order valence-corrected chi connectivity index (χ0v) is 12.5. The Hall–Kier alpha value is -0.856. The Labute approximate surface area is 127 Å². The molecule has 83 valence electrons. The third kappa shape index (κ3) is 2.24. The number of fused-ring (bicyclic) bond motifs is 1. The maximum Gasteiger partial charge on any atom is 0.0326 e. The van der Waals surface area contributed by atoms with E-state index in [0.717, 1.165) is 5.69 Å². The van der Waals surface area contributed by atoms with Gasteiger partial charge in [0.2, 0.25) is 0 Å². The predicted molar refractivity (Wildman–Crippen MR) is 66.6 cm³/mol. The van der Waals surface area contributed by atoms with Gasteiger partial charge in [-0.15, -0.1) is 5.69 Å². The van der Waals surface area contributed by atoms with E-state index in [1.165, 1.54) is 11.4 Å². The van der Waals surface area contributed by atoms with Crippen molar-refractivity contribution in [3.63, 3.8) is 0 Å². The molecule has 1 radical (unpaired) electrons. The summed E-state index contributed by atoms with van der Waals surface area (Å²) < 4.78 is 0. The van der Waals surface area contributed by atoms with Crippen LogP contribution in [-0.4, -0.2) is 7.05 Å². The van der Waals surface area contributed by atoms with Gasteiger partial charge in [0, 0.05) is 44.1 Å². The van der Waals surface area contributed by atoms with E-state index >= 15 is 0 Å². The van der Waals surface area contributed by atoms with Crippen LogP contribution in [0, 0.1) is 12.7 Å². The van der Waals surface area contributed by atoms with Crippen molar-refractivity contribution in [1.29, 1.82) is 0 Å². The summed E-state index contributed by atoms with van der Waals surface area (Å²) in [5.74, 6) is 0. The third-order valence-corrected chi connectivity index (χ3v) is 2.76. The Morgan fingerprint density at radius 3 is 2.41 bits per heavy atom. The summed E-state index contributed by atoms with van der Waals surface area (Å²) in [7, 11) is 2.06. The quantitative estimate of drug-likeness (QED) is 0.746. The first kappa shape index (κ1) is 12.6. The van der Waals surface area contributed by atoms with Gasteiger partial charge >= 0.3 is 0 Å². The van der Waals surface area contributed by atoms with E-state index < -0.39 is 0 Å². The van der Waals surface area contributed by atoms with Crippen molar-refractivity contribution in [2.24, 2.45) is 0 Å². The van der Waals surface area contributed by atoms with Gasteiger partial charge in [-0.25, -0.2) is 0 Å². The fourth-order valence-electron chi connectivity index (χ4n) is 1.99. The van der Waals surface area contributed by atoms with Crippen LogP contribution in [0.1, 0.15) is 0 Å². The van der Waals surface area contributed by atoms with Crippen LogP contribution in [0.3, 0.4) is 0 Å². The third-order valence-electron chi connectivity index (χ3n) is 2.76. The summed E-state index contributed by atoms with van der Waals surface area (Å²) in [4.78, 5) is 4.27. The zero-order chi connectivity index (χ0) is 11.0. The van der Waals surface area contributed by atoms with Crippen molar-refractivity contribution in [2.75, 3.05) is 16.8 Å². The fourth-order valence-corrected chi connectivity index (χ4v) is 1.99. The van der Waals surface area contributed by atoms with E-state index in [-0.39, 0.29) is 32.7 Å². The van der Waals surface area contributed by atoms with E-state index in [4.69, 9.17) is 0 Å². The van der Waals surface area contributed by atoms with Crippen LogP contribution < -0.4 is 9.80 Å². The molecule has 17 heavy (non-hydrogen) atoms. The van der Waals surface area contributed by atoms with E-state index in [9.17, 15) is 0 Å². The number of hydrogen-bond donors (Lipinski definition) is 0. The number of para-hydroxylation sites is 3. The van der Waals surface area contributed by atoms with E-state index in [1.54, 1.807) is 0 Å². The number of hydrogen-bond acceptors (Lipinski definition) is 2. The van der Waals surface area contributed by atoms with Crippen molar-refractivity contribution < 1.29 is 32.7 Å². The van der Waals surface area contributed by atoms with Crippen LogP contribution in [0.4, 0.5) is 17.1 Å². The average Bonchev–Trinajstić information content (AvgIpc) is 2.69. The molecule has 2 nitrogen and oxygen atoms in total. The molecular weight excluding hydrogens is 285 g/mol. The minimum Gasteiger partial charge on any atom is -0.504 e. The van der Waals surface area contributed by atoms with Crippen LogP contribution in [0.2, 0.25) is 0 Å². The Kier molecular flexibility index (Phi) is 3.85. The minimum absolute atomic E-state index is 0. The van der Waals surface area contributed by atoms with Crippen molar-refractivity contribution in [2.45, 2.75) is 0 Å². The minimum atomic E-state index is 0. The zero-order valence-electron chi connectivity index (χ0n) is 9.67. The fraction of sp³-hybridized carbons (Fsp3) is 0.0714. The first-order valence-electron chi connectivity index (χ1n) is 5.29. The second-order valence-corrected chi connectivity index (χ2v) is 3.83. The number of rotatable bonds is 1. The number of nitrogens with zero attached hydrogens (tertiary/aromatic N) is 2. The Morgan fingerprint density at radius 1 is 1.00 bits per heavy atom. The molecule has 0 spiro atoms. The molecule has 0 N–H and O–H groups in total. The monoisotopic (exact) mass is 297 g/mol. The molecule has 2 aromatic rings. The molecule has 0 atom stereocenters. The van der Waals surface area contributed by atoms with Gasteiger partial charge in [0.05, 0.1) is 0 Å². The summed E-state index contributed by atoms with van der Waals surface area (Å²) in [5.41, 5.74) is 3.49. The van der Waals surface area contributed by atoms with Gasteiger partial charge in [-0.1, -0.05) is 12.1 Å². The summed E-state index contributed by atoms with van der Waals surface area (Å²) in [6, 6.07) is 19.6. The van der Waals surface area contributed by atoms with Crippen LogP contribution in [0.25, 0.3) is 0 Å². The molecule has 3 rings (SSSR count). The second kappa shape index (κ2) is 5.20. The van der Waals surface area contributed by atoms with Gasteiger partial charge in [0.15, 0.2) is 0 Å². The van der Waals surface area contributed by atoms with Crippen molar-refractivity contribution >= 4 is 17.1 Å². The van der Waals surface area contributed by atoms with E-state index in [2.05, 4.69) is 59.9 Å². The van der Waals surface area contributed by atoms with Gasteiger partial charge in [-0.05, 0) is 19.2 Å². The van der Waals surface area contributed by atoms with Crippen LogP contribution in [0.15, 0.2) is 48.5 Å². The molecule has 0 fully saturated rings. The van der Waals surface area contributed by atoms with Crippen LogP contribution in [-0.2, 0) is 32.7 Å². The molecule has 1 aliphatic rings. The summed E-state index contributed by atoms with van der Waals surface area (Å²) >= 11 is 0. The summed E-state index contributed by atoms with van der Waals surface area (Å²) in [5, 5.41) is 0. The molecule has 0 bridgehead atoms. The van der Waals surface area contributed by atoms with Crippen molar-refractivity contribution in [3.8, 4) is 0 Å². The maximum absolute atomic E-state index is 3.24. The summed E-state index contributed by atoms with van der Waals surface area (Å²) in [6.07, 6.45) is 0. The molecule has 3 heteroatoms. The molecule has 0 unspecified atom stereocenters. The smallest absolute Gasteiger partial charge is 0.0326 e. The standard InChI is InChI=1S/C14H12N2.Y/c1-15-11-16(12-7-3-2-4-8-12)14-10-6-5-9-13(14)15;/h2-7,9-11H,1H3;/q-2;. The molecule has 2 aromatic carbocycles. The molecule has 1 heterocycles. The Morgan fingerprint density at radius 2 is 1.71 bits per heavy atom. The molecular formula is C14H12N2Y-2. The van der Waals surface area contributed by atoms with Crippen LogP contribution >= 0.6 is 0 Å². The van der Waals surface area contributed by atoms with Gasteiger partial charge in [0.25, 0.3) is 0 Å².